The van der Waals surface area contributed by atoms with Crippen molar-refractivity contribution in [1.29, 1.82) is 5.26 Å². The SMILES string of the molecule is N#CCC1Sc2ccc(C(=O)O)cc2N(Cc2ccccc2)C1=O. The molecule has 1 heterocycles. The van der Waals surface area contributed by atoms with Crippen LogP contribution in [0.3, 0.4) is 0 Å². The number of hydrogen-bond donors (Lipinski definition) is 1. The standard InChI is InChI=1S/C18H14N2O3S/c19-9-8-16-17(21)20(11-12-4-2-1-3-5-12)14-10-13(18(22)23)6-7-15(14)24-16/h1-7,10,16H,8,11H2,(H,22,23). The van der Waals surface area contributed by atoms with Gasteiger partial charge >= 0.3 is 5.97 Å². The minimum Gasteiger partial charge on any atom is -0.478 e. The summed E-state index contributed by atoms with van der Waals surface area (Å²) in [7, 11) is 0. The zero-order valence-electron chi connectivity index (χ0n) is 12.7. The second-order valence-electron chi connectivity index (χ2n) is 5.37. The van der Waals surface area contributed by atoms with Crippen molar-refractivity contribution >= 4 is 29.3 Å². The van der Waals surface area contributed by atoms with Crippen molar-refractivity contribution in [1.82, 2.24) is 0 Å². The van der Waals surface area contributed by atoms with Crippen LogP contribution in [0.15, 0.2) is 53.4 Å². The van der Waals surface area contributed by atoms with Crippen LogP contribution >= 0.6 is 11.8 Å². The minimum absolute atomic E-state index is 0.120. The fraction of sp³-hybridized carbons (Fsp3) is 0.167. The van der Waals surface area contributed by atoms with Gasteiger partial charge in [-0.05, 0) is 23.8 Å². The molecule has 0 fully saturated rings. The summed E-state index contributed by atoms with van der Waals surface area (Å²) < 4.78 is 0. The van der Waals surface area contributed by atoms with E-state index in [9.17, 15) is 14.7 Å². The Balaban J connectivity index is 2.03. The van der Waals surface area contributed by atoms with Gasteiger partial charge in [0.1, 0.15) is 5.25 Å². The molecule has 0 spiro atoms. The smallest absolute Gasteiger partial charge is 0.335 e. The van der Waals surface area contributed by atoms with Crippen molar-refractivity contribution in [3.05, 3.63) is 59.7 Å². The maximum absolute atomic E-state index is 12.8. The summed E-state index contributed by atoms with van der Waals surface area (Å²) in [5.74, 6) is -1.20. The Bertz CT molecular complexity index is 830. The number of carbonyl (C=O) groups excluding carboxylic acids is 1. The number of nitriles is 1. The van der Waals surface area contributed by atoms with E-state index < -0.39 is 11.2 Å². The highest BCUT2D eigenvalue weighted by atomic mass is 32.2. The summed E-state index contributed by atoms with van der Waals surface area (Å²) in [5, 5.41) is 17.7. The second kappa shape index (κ2) is 6.77. The Morgan fingerprint density at radius 1 is 1.25 bits per heavy atom. The largest absolute Gasteiger partial charge is 0.478 e. The molecular formula is C18H14N2O3S. The van der Waals surface area contributed by atoms with Gasteiger partial charge in [-0.25, -0.2) is 4.79 Å². The number of benzene rings is 2. The van der Waals surface area contributed by atoms with Crippen LogP contribution in [0, 0.1) is 11.3 Å². The second-order valence-corrected chi connectivity index (χ2v) is 6.61. The molecule has 2 aromatic carbocycles. The summed E-state index contributed by atoms with van der Waals surface area (Å²) in [6, 6.07) is 16.3. The van der Waals surface area contributed by atoms with E-state index in [1.54, 1.807) is 11.0 Å². The Morgan fingerprint density at radius 3 is 2.67 bits per heavy atom. The summed E-state index contributed by atoms with van der Waals surface area (Å²) in [6.45, 7) is 0.345. The quantitative estimate of drug-likeness (QED) is 0.925. The minimum atomic E-state index is -1.03. The molecule has 1 N–H and O–H groups in total. The summed E-state index contributed by atoms with van der Waals surface area (Å²) in [4.78, 5) is 26.4. The van der Waals surface area contributed by atoms with Crippen molar-refractivity contribution in [3.8, 4) is 6.07 Å². The van der Waals surface area contributed by atoms with Gasteiger partial charge in [-0.15, -0.1) is 11.8 Å². The number of carboxylic acids is 1. The van der Waals surface area contributed by atoms with E-state index >= 15 is 0 Å². The average Bonchev–Trinajstić information content (AvgIpc) is 2.59. The van der Waals surface area contributed by atoms with Crippen LogP contribution in [0.25, 0.3) is 0 Å². The van der Waals surface area contributed by atoms with Crippen LogP contribution in [0.4, 0.5) is 5.69 Å². The topological polar surface area (TPSA) is 81.4 Å². The lowest BCUT2D eigenvalue weighted by Gasteiger charge is -2.33. The van der Waals surface area contributed by atoms with E-state index in [0.717, 1.165) is 10.5 Å². The van der Waals surface area contributed by atoms with Gasteiger partial charge in [0.15, 0.2) is 0 Å². The zero-order valence-corrected chi connectivity index (χ0v) is 13.5. The number of carboxylic acid groups (broad SMARTS) is 1. The van der Waals surface area contributed by atoms with Crippen molar-refractivity contribution in [2.75, 3.05) is 4.90 Å². The molecule has 1 aliphatic rings. The van der Waals surface area contributed by atoms with Gasteiger partial charge in [0, 0.05) is 4.90 Å². The molecule has 1 unspecified atom stereocenters. The molecule has 5 nitrogen and oxygen atoms in total. The van der Waals surface area contributed by atoms with Crippen LogP contribution in [0.2, 0.25) is 0 Å². The molecule has 2 aromatic rings. The monoisotopic (exact) mass is 338 g/mol. The predicted octanol–water partition coefficient (Wildman–Crippen LogP) is 3.31. The van der Waals surface area contributed by atoms with Gasteiger partial charge in [-0.1, -0.05) is 30.3 Å². The normalized spacial score (nSPS) is 16.4. The van der Waals surface area contributed by atoms with Crippen LogP contribution in [-0.4, -0.2) is 22.2 Å². The average molecular weight is 338 g/mol. The van der Waals surface area contributed by atoms with Crippen molar-refractivity contribution in [2.45, 2.75) is 23.1 Å². The van der Waals surface area contributed by atoms with E-state index in [0.29, 0.717) is 12.2 Å². The summed E-state index contributed by atoms with van der Waals surface area (Å²) in [6.07, 6.45) is 0.120. The van der Waals surface area contributed by atoms with E-state index in [-0.39, 0.29) is 17.9 Å². The highest BCUT2D eigenvalue weighted by Crippen LogP contribution is 2.41. The Morgan fingerprint density at radius 2 is 2.00 bits per heavy atom. The number of nitrogens with zero attached hydrogens (tertiary/aromatic N) is 2. The third-order valence-corrected chi connectivity index (χ3v) is 5.02. The molecular weight excluding hydrogens is 324 g/mol. The molecule has 1 atom stereocenters. The lowest BCUT2D eigenvalue weighted by Crippen LogP contribution is -2.40. The highest BCUT2D eigenvalue weighted by Gasteiger charge is 2.34. The molecule has 0 aliphatic carbocycles. The lowest BCUT2D eigenvalue weighted by molar-refractivity contribution is -0.118. The summed E-state index contributed by atoms with van der Waals surface area (Å²) >= 11 is 1.32. The number of fused-ring (bicyclic) bond motifs is 1. The Hall–Kier alpha value is -2.78. The van der Waals surface area contributed by atoms with Gasteiger partial charge in [0.25, 0.3) is 0 Å². The van der Waals surface area contributed by atoms with Gasteiger partial charge in [0.2, 0.25) is 5.91 Å². The number of hydrogen-bond acceptors (Lipinski definition) is 4. The number of carbonyl (C=O) groups is 2. The fourth-order valence-corrected chi connectivity index (χ4v) is 3.73. The molecule has 24 heavy (non-hydrogen) atoms. The maximum Gasteiger partial charge on any atom is 0.335 e. The number of rotatable bonds is 4. The third kappa shape index (κ3) is 3.12. The fourth-order valence-electron chi connectivity index (χ4n) is 2.60. The first-order valence-corrected chi connectivity index (χ1v) is 8.24. The van der Waals surface area contributed by atoms with Crippen LogP contribution in [-0.2, 0) is 11.3 Å². The van der Waals surface area contributed by atoms with Crippen molar-refractivity contribution in [3.63, 3.8) is 0 Å². The van der Waals surface area contributed by atoms with Gasteiger partial charge in [-0.3, -0.25) is 4.79 Å². The molecule has 1 amide bonds. The van der Waals surface area contributed by atoms with E-state index in [1.165, 1.54) is 23.9 Å². The molecule has 1 aliphatic heterocycles. The van der Waals surface area contributed by atoms with Crippen LogP contribution in [0.5, 0.6) is 0 Å². The van der Waals surface area contributed by atoms with Crippen molar-refractivity contribution < 1.29 is 14.7 Å². The third-order valence-electron chi connectivity index (χ3n) is 3.77. The highest BCUT2D eigenvalue weighted by molar-refractivity contribution is 8.01. The number of aromatic carboxylic acids is 1. The maximum atomic E-state index is 12.8. The number of anilines is 1. The van der Waals surface area contributed by atoms with E-state index in [4.69, 9.17) is 5.26 Å². The van der Waals surface area contributed by atoms with Crippen LogP contribution < -0.4 is 4.90 Å². The molecule has 3 rings (SSSR count). The Labute approximate surface area is 143 Å². The van der Waals surface area contributed by atoms with Gasteiger partial charge < -0.3 is 10.0 Å². The molecule has 0 saturated carbocycles. The molecule has 0 aromatic heterocycles. The first kappa shape index (κ1) is 16.1. The molecule has 0 radical (unpaired) electrons. The number of thioether (sulfide) groups is 1. The van der Waals surface area contributed by atoms with E-state index in [1.807, 2.05) is 30.3 Å². The van der Waals surface area contributed by atoms with E-state index in [2.05, 4.69) is 6.07 Å². The first-order chi connectivity index (χ1) is 11.6. The van der Waals surface area contributed by atoms with Gasteiger partial charge in [-0.2, -0.15) is 5.26 Å². The lowest BCUT2D eigenvalue weighted by atomic mass is 10.1. The molecule has 0 saturated heterocycles. The zero-order chi connectivity index (χ0) is 17.1. The predicted molar refractivity (Wildman–Crippen MR) is 90.9 cm³/mol. The van der Waals surface area contributed by atoms with Crippen LogP contribution in [0.1, 0.15) is 22.3 Å². The van der Waals surface area contributed by atoms with Gasteiger partial charge in [0.05, 0.1) is 30.3 Å². The molecule has 6 heteroatoms. The summed E-state index contributed by atoms with van der Waals surface area (Å²) in [5.41, 5.74) is 1.67. The number of amides is 1. The molecule has 120 valence electrons. The Kier molecular flexibility index (Phi) is 4.54. The van der Waals surface area contributed by atoms with Crippen molar-refractivity contribution in [2.24, 2.45) is 0 Å². The first-order valence-electron chi connectivity index (χ1n) is 7.36. The molecule has 0 bridgehead atoms.